The zero-order valence-corrected chi connectivity index (χ0v) is 16.9. The quantitative estimate of drug-likeness (QED) is 0.775. The van der Waals surface area contributed by atoms with Gasteiger partial charge in [-0.2, -0.15) is 0 Å². The zero-order valence-electron chi connectivity index (χ0n) is 14.6. The smallest absolute Gasteiger partial charge is 0.244 e. The molecule has 1 amide bonds. The van der Waals surface area contributed by atoms with Gasteiger partial charge in [0, 0.05) is 5.02 Å². The number of anilines is 1. The number of benzene rings is 2. The topological polar surface area (TPSA) is 66.5 Å². The van der Waals surface area contributed by atoms with Gasteiger partial charge in [0.2, 0.25) is 15.9 Å². The van der Waals surface area contributed by atoms with Gasteiger partial charge in [-0.1, -0.05) is 53.5 Å². The van der Waals surface area contributed by atoms with Gasteiger partial charge >= 0.3 is 0 Å². The average Bonchev–Trinajstić information content (AvgIpc) is 2.57. The van der Waals surface area contributed by atoms with Crippen molar-refractivity contribution in [2.24, 2.45) is 0 Å². The van der Waals surface area contributed by atoms with Crippen molar-refractivity contribution < 1.29 is 13.2 Å². The summed E-state index contributed by atoms with van der Waals surface area (Å²) in [4.78, 5) is 12.7. The monoisotopic (exact) mass is 414 g/mol. The van der Waals surface area contributed by atoms with E-state index in [1.54, 1.807) is 6.07 Å². The lowest BCUT2D eigenvalue weighted by Gasteiger charge is -2.30. The Bertz CT molecular complexity index is 889. The number of sulfonamides is 1. The fraction of sp³-hybridized carbons (Fsp3) is 0.278. The minimum atomic E-state index is -3.77. The SMILES string of the molecule is C[C@@H](NC(=O)[C@H](C)N(c1cc(Cl)ccc1Cl)S(C)(=O)=O)c1ccccc1. The molecule has 2 rings (SSSR count). The highest BCUT2D eigenvalue weighted by molar-refractivity contribution is 7.92. The Morgan fingerprint density at radius 1 is 1.08 bits per heavy atom. The normalized spacial score (nSPS) is 13.7. The molecule has 140 valence electrons. The number of hydrogen-bond acceptors (Lipinski definition) is 3. The first-order valence-corrected chi connectivity index (χ1v) is 10.5. The van der Waals surface area contributed by atoms with Crippen molar-refractivity contribution in [1.82, 2.24) is 5.32 Å². The summed E-state index contributed by atoms with van der Waals surface area (Å²) >= 11 is 12.1. The lowest BCUT2D eigenvalue weighted by molar-refractivity contribution is -0.122. The number of carbonyl (C=O) groups is 1. The van der Waals surface area contributed by atoms with Gasteiger partial charge in [0.15, 0.2) is 0 Å². The molecule has 0 heterocycles. The Morgan fingerprint density at radius 3 is 2.27 bits per heavy atom. The van der Waals surface area contributed by atoms with E-state index in [0.29, 0.717) is 5.02 Å². The molecule has 8 heteroatoms. The highest BCUT2D eigenvalue weighted by Gasteiger charge is 2.31. The van der Waals surface area contributed by atoms with Gasteiger partial charge in [0.25, 0.3) is 0 Å². The summed E-state index contributed by atoms with van der Waals surface area (Å²) in [6.07, 6.45) is 1.02. The third kappa shape index (κ3) is 4.90. The zero-order chi connectivity index (χ0) is 19.5. The number of nitrogens with one attached hydrogen (secondary N) is 1. The second-order valence-electron chi connectivity index (χ2n) is 5.97. The van der Waals surface area contributed by atoms with Crippen molar-refractivity contribution in [3.05, 3.63) is 64.1 Å². The minimum Gasteiger partial charge on any atom is -0.348 e. The summed E-state index contributed by atoms with van der Waals surface area (Å²) < 4.78 is 25.7. The molecule has 0 aromatic heterocycles. The predicted molar refractivity (Wildman–Crippen MR) is 106 cm³/mol. The highest BCUT2D eigenvalue weighted by Crippen LogP contribution is 2.32. The van der Waals surface area contributed by atoms with Crippen molar-refractivity contribution >= 4 is 44.8 Å². The van der Waals surface area contributed by atoms with E-state index in [-0.39, 0.29) is 16.8 Å². The molecule has 1 N–H and O–H groups in total. The molecule has 0 saturated carbocycles. The lowest BCUT2D eigenvalue weighted by atomic mass is 10.1. The minimum absolute atomic E-state index is 0.164. The Balaban J connectivity index is 2.31. The Hall–Kier alpha value is -1.76. The Morgan fingerprint density at radius 2 is 1.69 bits per heavy atom. The van der Waals surface area contributed by atoms with Crippen molar-refractivity contribution in [3.63, 3.8) is 0 Å². The van der Waals surface area contributed by atoms with Crippen LogP contribution in [-0.4, -0.2) is 26.6 Å². The van der Waals surface area contributed by atoms with Gasteiger partial charge in [-0.15, -0.1) is 0 Å². The van der Waals surface area contributed by atoms with E-state index in [2.05, 4.69) is 5.32 Å². The second-order valence-corrected chi connectivity index (χ2v) is 8.67. The standard InChI is InChI=1S/C18H20Cl2N2O3S/c1-12(14-7-5-4-6-8-14)21-18(23)13(2)22(26(3,24)25)17-11-15(19)9-10-16(17)20/h4-13H,1-3H3,(H,21,23)/t12-,13+/m1/s1. The Labute approximate surface area is 164 Å². The molecule has 0 spiro atoms. The summed E-state index contributed by atoms with van der Waals surface area (Å²) in [7, 11) is -3.77. The third-order valence-electron chi connectivity index (χ3n) is 3.89. The van der Waals surface area contributed by atoms with Crippen LogP contribution in [0.1, 0.15) is 25.5 Å². The van der Waals surface area contributed by atoms with Crippen LogP contribution in [0.5, 0.6) is 0 Å². The second kappa shape index (κ2) is 8.29. The Kier molecular flexibility index (Phi) is 6.55. The molecule has 2 atom stereocenters. The summed E-state index contributed by atoms with van der Waals surface area (Å²) in [5, 5.41) is 3.34. The average molecular weight is 415 g/mol. The maximum absolute atomic E-state index is 12.7. The fourth-order valence-corrected chi connectivity index (χ4v) is 4.20. The van der Waals surface area contributed by atoms with Gasteiger partial charge in [0.1, 0.15) is 6.04 Å². The fourth-order valence-electron chi connectivity index (χ4n) is 2.59. The molecular weight excluding hydrogens is 395 g/mol. The van der Waals surface area contributed by atoms with Gasteiger partial charge < -0.3 is 5.32 Å². The van der Waals surface area contributed by atoms with E-state index in [0.717, 1.165) is 16.1 Å². The number of rotatable bonds is 6. The molecule has 0 aliphatic rings. The van der Waals surface area contributed by atoms with Crippen molar-refractivity contribution in [3.8, 4) is 0 Å². The number of carbonyl (C=O) groups excluding carboxylic acids is 1. The van der Waals surface area contributed by atoms with Crippen LogP contribution >= 0.6 is 23.2 Å². The molecule has 0 saturated heterocycles. The molecule has 2 aromatic rings. The van der Waals surface area contributed by atoms with Crippen LogP contribution in [0.15, 0.2) is 48.5 Å². The summed E-state index contributed by atoms with van der Waals surface area (Å²) in [5.41, 5.74) is 1.08. The molecule has 5 nitrogen and oxygen atoms in total. The molecule has 0 unspecified atom stereocenters. The van der Waals surface area contributed by atoms with E-state index >= 15 is 0 Å². The first-order valence-electron chi connectivity index (χ1n) is 7.91. The van der Waals surface area contributed by atoms with Crippen LogP contribution in [0.3, 0.4) is 0 Å². The van der Waals surface area contributed by atoms with E-state index in [9.17, 15) is 13.2 Å². The van der Waals surface area contributed by atoms with E-state index in [1.807, 2.05) is 37.3 Å². The van der Waals surface area contributed by atoms with Crippen LogP contribution in [-0.2, 0) is 14.8 Å². The number of amides is 1. The predicted octanol–water partition coefficient (Wildman–Crippen LogP) is 4.03. The molecule has 26 heavy (non-hydrogen) atoms. The maximum Gasteiger partial charge on any atom is 0.244 e. The molecule has 2 aromatic carbocycles. The van der Waals surface area contributed by atoms with Gasteiger partial charge in [-0.25, -0.2) is 8.42 Å². The summed E-state index contributed by atoms with van der Waals surface area (Å²) in [6, 6.07) is 12.6. The van der Waals surface area contributed by atoms with Gasteiger partial charge in [0.05, 0.1) is 23.0 Å². The highest BCUT2D eigenvalue weighted by atomic mass is 35.5. The molecule has 0 fully saturated rings. The van der Waals surface area contributed by atoms with E-state index in [1.165, 1.54) is 19.1 Å². The molecule has 0 aliphatic heterocycles. The number of halogens is 2. The lowest BCUT2D eigenvalue weighted by Crippen LogP contribution is -2.48. The molecule has 0 aliphatic carbocycles. The summed E-state index contributed by atoms with van der Waals surface area (Å²) in [6.45, 7) is 3.34. The van der Waals surface area contributed by atoms with Gasteiger partial charge in [-0.3, -0.25) is 9.10 Å². The van der Waals surface area contributed by atoms with Crippen LogP contribution in [0.25, 0.3) is 0 Å². The number of hydrogen-bond donors (Lipinski definition) is 1. The maximum atomic E-state index is 12.7. The van der Waals surface area contributed by atoms with Crippen LogP contribution in [0.4, 0.5) is 5.69 Å². The van der Waals surface area contributed by atoms with E-state index < -0.39 is 22.0 Å². The van der Waals surface area contributed by atoms with Crippen molar-refractivity contribution in [1.29, 1.82) is 0 Å². The first-order chi connectivity index (χ1) is 12.1. The van der Waals surface area contributed by atoms with Crippen molar-refractivity contribution in [2.45, 2.75) is 25.9 Å². The molecule has 0 radical (unpaired) electrons. The van der Waals surface area contributed by atoms with Crippen molar-refractivity contribution in [2.75, 3.05) is 10.6 Å². The van der Waals surface area contributed by atoms with Crippen LogP contribution in [0, 0.1) is 0 Å². The largest absolute Gasteiger partial charge is 0.348 e. The van der Waals surface area contributed by atoms with Gasteiger partial charge in [-0.05, 0) is 37.6 Å². The summed E-state index contributed by atoms with van der Waals surface area (Å²) in [5.74, 6) is -0.442. The first kappa shape index (κ1) is 20.6. The number of nitrogens with zero attached hydrogens (tertiary/aromatic N) is 1. The third-order valence-corrected chi connectivity index (χ3v) is 5.67. The molecule has 0 bridgehead atoms. The van der Waals surface area contributed by atoms with E-state index in [4.69, 9.17) is 23.2 Å². The van der Waals surface area contributed by atoms with Crippen LogP contribution in [0.2, 0.25) is 10.0 Å². The van der Waals surface area contributed by atoms with Crippen LogP contribution < -0.4 is 9.62 Å². The molecular formula is C18H20Cl2N2O3S.